The molecule has 0 radical (unpaired) electrons. The fourth-order valence-electron chi connectivity index (χ4n) is 0.949. The Balaban J connectivity index is 2.70. The molecule has 2 amide bonds. The largest absolute Gasteiger partial charge is 0.328 e. The quantitative estimate of drug-likeness (QED) is 0.779. The zero-order valence-electron chi connectivity index (χ0n) is 8.74. The van der Waals surface area contributed by atoms with Crippen molar-refractivity contribution < 1.29 is 4.79 Å². The third-order valence-corrected chi connectivity index (χ3v) is 2.10. The zero-order chi connectivity index (χ0) is 10.6. The molecule has 4 nitrogen and oxygen atoms in total. The van der Waals surface area contributed by atoms with Gasteiger partial charge in [-0.1, -0.05) is 0 Å². The summed E-state index contributed by atoms with van der Waals surface area (Å²) in [5, 5.41) is 2.79. The molecule has 0 aromatic carbocycles. The second-order valence-corrected chi connectivity index (χ2v) is 3.13. The molecule has 0 fully saturated rings. The van der Waals surface area contributed by atoms with Gasteiger partial charge >= 0.3 is 6.03 Å². The van der Waals surface area contributed by atoms with Crippen LogP contribution >= 0.6 is 0 Å². The van der Waals surface area contributed by atoms with Crippen molar-refractivity contribution in [1.29, 1.82) is 0 Å². The van der Waals surface area contributed by atoms with Crippen molar-refractivity contribution in [3.05, 3.63) is 24.0 Å². The molecule has 14 heavy (non-hydrogen) atoms. The molecule has 1 rings (SSSR count). The molecule has 0 unspecified atom stereocenters. The molecule has 1 heterocycles. The van der Waals surface area contributed by atoms with Crippen LogP contribution in [0.3, 0.4) is 0 Å². The van der Waals surface area contributed by atoms with E-state index in [2.05, 4.69) is 10.3 Å². The summed E-state index contributed by atoms with van der Waals surface area (Å²) in [6.07, 6.45) is 3.35. The summed E-state index contributed by atoms with van der Waals surface area (Å²) < 4.78 is 0. The van der Waals surface area contributed by atoms with Crippen LogP contribution in [0.25, 0.3) is 0 Å². The highest BCUT2D eigenvalue weighted by molar-refractivity contribution is 5.89. The van der Waals surface area contributed by atoms with Gasteiger partial charge in [-0.2, -0.15) is 0 Å². The number of carbonyl (C=O) groups excluding carboxylic acids is 1. The minimum Gasteiger partial charge on any atom is -0.328 e. The number of carbonyl (C=O) groups is 1. The number of pyridine rings is 1. The van der Waals surface area contributed by atoms with Gasteiger partial charge in [0, 0.05) is 19.8 Å². The van der Waals surface area contributed by atoms with Crippen LogP contribution in [-0.2, 0) is 0 Å². The maximum Gasteiger partial charge on any atom is 0.321 e. The smallest absolute Gasteiger partial charge is 0.321 e. The number of urea groups is 1. The highest BCUT2D eigenvalue weighted by Gasteiger charge is 2.07. The van der Waals surface area contributed by atoms with E-state index in [0.717, 1.165) is 11.3 Å². The second-order valence-electron chi connectivity index (χ2n) is 3.13. The fourth-order valence-corrected chi connectivity index (χ4v) is 0.949. The molecule has 4 heteroatoms. The highest BCUT2D eigenvalue weighted by atomic mass is 16.2. The minimum absolute atomic E-state index is 0.108. The first-order chi connectivity index (χ1) is 6.65. The first kappa shape index (κ1) is 10.5. The number of amides is 2. The average molecular weight is 193 g/mol. The number of hydrogen-bond donors (Lipinski definition) is 1. The van der Waals surface area contributed by atoms with Crippen molar-refractivity contribution in [2.45, 2.75) is 13.8 Å². The molecular formula is C10H15N3O. The fraction of sp³-hybridized carbons (Fsp3) is 0.400. The average Bonchev–Trinajstić information content (AvgIpc) is 2.20. The van der Waals surface area contributed by atoms with E-state index in [-0.39, 0.29) is 6.03 Å². The first-order valence-electron chi connectivity index (χ1n) is 4.58. The Bertz CT molecular complexity index is 325. The van der Waals surface area contributed by atoms with Crippen LogP contribution in [-0.4, -0.2) is 29.5 Å². The van der Waals surface area contributed by atoms with Crippen LogP contribution in [0.4, 0.5) is 10.5 Å². The maximum absolute atomic E-state index is 11.5. The maximum atomic E-state index is 11.5. The third-order valence-electron chi connectivity index (χ3n) is 2.10. The number of nitrogens with one attached hydrogen (secondary N) is 1. The van der Waals surface area contributed by atoms with E-state index in [9.17, 15) is 4.79 Å². The minimum atomic E-state index is -0.108. The van der Waals surface area contributed by atoms with Crippen molar-refractivity contribution in [3.8, 4) is 0 Å². The lowest BCUT2D eigenvalue weighted by Gasteiger charge is -2.16. The summed E-state index contributed by atoms with van der Waals surface area (Å²) in [5.41, 5.74) is 1.77. The van der Waals surface area contributed by atoms with Crippen LogP contribution in [0.1, 0.15) is 12.5 Å². The van der Waals surface area contributed by atoms with Crippen LogP contribution in [0.15, 0.2) is 18.5 Å². The van der Waals surface area contributed by atoms with Crippen LogP contribution < -0.4 is 5.32 Å². The summed E-state index contributed by atoms with van der Waals surface area (Å²) in [7, 11) is 1.75. The van der Waals surface area contributed by atoms with Gasteiger partial charge in [-0.3, -0.25) is 4.98 Å². The number of anilines is 1. The van der Waals surface area contributed by atoms with Gasteiger partial charge in [0.2, 0.25) is 0 Å². The van der Waals surface area contributed by atoms with Crippen molar-refractivity contribution in [3.63, 3.8) is 0 Å². The second kappa shape index (κ2) is 4.60. The molecule has 0 atom stereocenters. The molecule has 0 aliphatic heterocycles. The van der Waals surface area contributed by atoms with Gasteiger partial charge in [0.25, 0.3) is 0 Å². The molecule has 0 aliphatic rings. The Labute approximate surface area is 83.9 Å². The van der Waals surface area contributed by atoms with Gasteiger partial charge in [-0.15, -0.1) is 0 Å². The molecule has 0 aliphatic carbocycles. The standard InChI is InChI=1S/C10H15N3O/c1-4-13(3)10(14)12-9-7-11-6-5-8(9)2/h5-7H,4H2,1-3H3,(H,12,14). The predicted molar refractivity (Wildman–Crippen MR) is 56.3 cm³/mol. The van der Waals surface area contributed by atoms with Gasteiger partial charge in [0.05, 0.1) is 11.9 Å². The normalized spacial score (nSPS) is 9.64. The van der Waals surface area contributed by atoms with Crippen LogP contribution in [0.2, 0.25) is 0 Å². The SMILES string of the molecule is CCN(C)C(=O)Nc1cnccc1C. The zero-order valence-corrected chi connectivity index (χ0v) is 8.74. The number of nitrogens with zero attached hydrogens (tertiary/aromatic N) is 2. The number of hydrogen-bond acceptors (Lipinski definition) is 2. The van der Waals surface area contributed by atoms with Gasteiger partial charge in [-0.25, -0.2) is 4.79 Å². The summed E-state index contributed by atoms with van der Waals surface area (Å²) in [4.78, 5) is 17.0. The predicted octanol–water partition coefficient (Wildman–Crippen LogP) is 1.87. The summed E-state index contributed by atoms with van der Waals surface area (Å²) in [5.74, 6) is 0. The molecule has 0 saturated heterocycles. The lowest BCUT2D eigenvalue weighted by Crippen LogP contribution is -2.31. The lowest BCUT2D eigenvalue weighted by molar-refractivity contribution is 0.224. The number of rotatable bonds is 2. The van der Waals surface area contributed by atoms with Crippen LogP contribution in [0.5, 0.6) is 0 Å². The monoisotopic (exact) mass is 193 g/mol. The molecular weight excluding hydrogens is 178 g/mol. The number of aryl methyl sites for hydroxylation is 1. The Morgan fingerprint density at radius 1 is 1.64 bits per heavy atom. The number of aromatic nitrogens is 1. The Morgan fingerprint density at radius 2 is 2.36 bits per heavy atom. The Morgan fingerprint density at radius 3 is 2.93 bits per heavy atom. The van der Waals surface area contributed by atoms with E-state index in [1.165, 1.54) is 0 Å². The van der Waals surface area contributed by atoms with E-state index in [0.29, 0.717) is 6.54 Å². The molecule has 0 bridgehead atoms. The Kier molecular flexibility index (Phi) is 3.45. The van der Waals surface area contributed by atoms with Crippen molar-refractivity contribution in [1.82, 2.24) is 9.88 Å². The van der Waals surface area contributed by atoms with Crippen molar-refractivity contribution in [2.75, 3.05) is 18.9 Å². The molecule has 0 spiro atoms. The molecule has 76 valence electrons. The highest BCUT2D eigenvalue weighted by Crippen LogP contribution is 2.11. The van der Waals surface area contributed by atoms with E-state index < -0.39 is 0 Å². The van der Waals surface area contributed by atoms with Crippen LogP contribution in [0, 0.1) is 6.92 Å². The third kappa shape index (κ3) is 2.45. The van der Waals surface area contributed by atoms with Gasteiger partial charge in [0.15, 0.2) is 0 Å². The summed E-state index contributed by atoms with van der Waals surface area (Å²) in [6.45, 7) is 4.55. The summed E-state index contributed by atoms with van der Waals surface area (Å²) >= 11 is 0. The van der Waals surface area contributed by atoms with E-state index in [1.807, 2.05) is 19.9 Å². The van der Waals surface area contributed by atoms with Gasteiger partial charge in [0.1, 0.15) is 0 Å². The van der Waals surface area contributed by atoms with E-state index in [1.54, 1.807) is 24.3 Å². The van der Waals surface area contributed by atoms with E-state index in [4.69, 9.17) is 0 Å². The molecule has 0 saturated carbocycles. The topological polar surface area (TPSA) is 45.2 Å². The summed E-state index contributed by atoms with van der Waals surface area (Å²) in [6, 6.07) is 1.75. The van der Waals surface area contributed by atoms with Gasteiger partial charge in [-0.05, 0) is 25.5 Å². The first-order valence-corrected chi connectivity index (χ1v) is 4.58. The molecule has 1 aromatic rings. The van der Waals surface area contributed by atoms with Crippen molar-refractivity contribution >= 4 is 11.7 Å². The Hall–Kier alpha value is -1.58. The lowest BCUT2D eigenvalue weighted by atomic mass is 10.2. The van der Waals surface area contributed by atoms with Gasteiger partial charge < -0.3 is 10.2 Å². The van der Waals surface area contributed by atoms with E-state index >= 15 is 0 Å². The molecule has 1 N–H and O–H groups in total. The van der Waals surface area contributed by atoms with Crippen molar-refractivity contribution in [2.24, 2.45) is 0 Å². The molecule has 1 aromatic heterocycles.